The third-order valence-corrected chi connectivity index (χ3v) is 5.86. The van der Waals surface area contributed by atoms with Crippen LogP contribution in [0.1, 0.15) is 30.5 Å². The monoisotopic (exact) mass is 351 g/mol. The van der Waals surface area contributed by atoms with Gasteiger partial charge in [-0.3, -0.25) is 4.79 Å². The molecule has 0 radical (unpaired) electrons. The molecule has 4 nitrogen and oxygen atoms in total. The summed E-state index contributed by atoms with van der Waals surface area (Å²) in [4.78, 5) is 22.7. The van der Waals surface area contributed by atoms with Gasteiger partial charge in [0.05, 0.1) is 22.0 Å². The number of thioether (sulfide) groups is 1. The molecule has 1 aromatic heterocycles. The van der Waals surface area contributed by atoms with Crippen LogP contribution in [-0.2, 0) is 11.2 Å². The van der Waals surface area contributed by atoms with E-state index in [0.717, 1.165) is 29.0 Å². The summed E-state index contributed by atoms with van der Waals surface area (Å²) < 4.78 is 0. The molecule has 4 rings (SSSR count). The maximum absolute atomic E-state index is 12.8. The second-order valence-corrected chi connectivity index (χ2v) is 7.87. The molecule has 5 heteroatoms. The lowest BCUT2D eigenvalue weighted by molar-refractivity contribution is -0.116. The zero-order chi connectivity index (χ0) is 17.4. The van der Waals surface area contributed by atoms with Gasteiger partial charge in [0, 0.05) is 11.7 Å². The van der Waals surface area contributed by atoms with Crippen LogP contribution in [-0.4, -0.2) is 27.7 Å². The topological polar surface area (TPSA) is 49.0 Å². The fourth-order valence-corrected chi connectivity index (χ4v) is 4.26. The molecule has 0 aliphatic carbocycles. The normalized spacial score (nSPS) is 17.7. The lowest BCUT2D eigenvalue weighted by atomic mass is 10.1. The quantitative estimate of drug-likeness (QED) is 0.761. The van der Waals surface area contributed by atoms with E-state index >= 15 is 0 Å². The largest absolute Gasteiger partial charge is 0.341 e. The van der Waals surface area contributed by atoms with Crippen LogP contribution in [0, 0.1) is 0 Å². The average molecular weight is 351 g/mol. The maximum atomic E-state index is 12.8. The van der Waals surface area contributed by atoms with Crippen molar-refractivity contribution in [2.24, 2.45) is 0 Å². The molecule has 0 saturated carbocycles. The molecule has 0 bridgehead atoms. The Balaban J connectivity index is 1.45. The highest BCUT2D eigenvalue weighted by molar-refractivity contribution is 8.00. The standard InChI is InChI=1S/C20H21N3OS/c1-13-11-15-7-3-6-10-18(15)23(13)19(24)12-25-14(2)20-21-16-8-4-5-9-17(16)22-20/h3-10,13-14H,11-12H2,1-2H3,(H,21,22). The van der Waals surface area contributed by atoms with Crippen molar-refractivity contribution in [2.45, 2.75) is 31.6 Å². The third-order valence-electron chi connectivity index (χ3n) is 4.73. The van der Waals surface area contributed by atoms with Gasteiger partial charge in [-0.15, -0.1) is 11.8 Å². The highest BCUT2D eigenvalue weighted by Crippen LogP contribution is 2.34. The highest BCUT2D eigenvalue weighted by Gasteiger charge is 2.30. The Morgan fingerprint density at radius 3 is 2.88 bits per heavy atom. The van der Waals surface area contributed by atoms with Crippen molar-refractivity contribution in [3.8, 4) is 0 Å². The molecule has 0 spiro atoms. The number of rotatable bonds is 4. The molecule has 1 aliphatic heterocycles. The summed E-state index contributed by atoms with van der Waals surface area (Å²) >= 11 is 1.63. The van der Waals surface area contributed by atoms with E-state index in [1.807, 2.05) is 47.4 Å². The summed E-state index contributed by atoms with van der Waals surface area (Å²) in [6.07, 6.45) is 0.936. The van der Waals surface area contributed by atoms with Crippen molar-refractivity contribution in [2.75, 3.05) is 10.7 Å². The number of imidazole rings is 1. The summed E-state index contributed by atoms with van der Waals surface area (Å²) in [5.74, 6) is 1.55. The first-order valence-electron chi connectivity index (χ1n) is 8.59. The number of fused-ring (bicyclic) bond motifs is 2. The van der Waals surface area contributed by atoms with Crippen LogP contribution in [0.25, 0.3) is 11.0 Å². The Labute approximate surface area is 151 Å². The van der Waals surface area contributed by atoms with Gasteiger partial charge in [-0.1, -0.05) is 30.3 Å². The molecule has 3 aromatic rings. The number of benzene rings is 2. The Kier molecular flexibility index (Phi) is 4.25. The van der Waals surface area contributed by atoms with E-state index in [-0.39, 0.29) is 17.2 Å². The molecule has 2 heterocycles. The minimum absolute atomic E-state index is 0.143. The SMILES string of the molecule is CC(SCC(=O)N1c2ccccc2CC1C)c1nc2ccccc2[nH]1. The molecule has 2 aromatic carbocycles. The van der Waals surface area contributed by atoms with Gasteiger partial charge in [0.1, 0.15) is 5.82 Å². The molecular weight excluding hydrogens is 330 g/mol. The minimum atomic E-state index is 0.143. The summed E-state index contributed by atoms with van der Waals surface area (Å²) in [6, 6.07) is 16.4. The van der Waals surface area contributed by atoms with Crippen molar-refractivity contribution in [1.82, 2.24) is 9.97 Å². The van der Waals surface area contributed by atoms with E-state index in [1.165, 1.54) is 5.56 Å². The number of aromatic nitrogens is 2. The smallest absolute Gasteiger partial charge is 0.237 e. The van der Waals surface area contributed by atoms with Gasteiger partial charge in [-0.25, -0.2) is 4.98 Å². The highest BCUT2D eigenvalue weighted by atomic mass is 32.2. The molecule has 1 amide bonds. The molecule has 1 aliphatic rings. The number of nitrogens with one attached hydrogen (secondary N) is 1. The number of anilines is 1. The van der Waals surface area contributed by atoms with E-state index in [4.69, 9.17) is 0 Å². The number of hydrogen-bond donors (Lipinski definition) is 1. The van der Waals surface area contributed by atoms with Crippen molar-refractivity contribution in [3.05, 3.63) is 59.9 Å². The van der Waals surface area contributed by atoms with Gasteiger partial charge in [0.2, 0.25) is 5.91 Å². The molecule has 0 fully saturated rings. The lowest BCUT2D eigenvalue weighted by Gasteiger charge is -2.23. The third kappa shape index (κ3) is 3.04. The van der Waals surface area contributed by atoms with Crippen LogP contribution in [0.15, 0.2) is 48.5 Å². The predicted octanol–water partition coefficient (Wildman–Crippen LogP) is 4.33. The Morgan fingerprint density at radius 2 is 2.04 bits per heavy atom. The second-order valence-electron chi connectivity index (χ2n) is 6.54. The number of carbonyl (C=O) groups excluding carboxylic acids is 1. The Bertz CT molecular complexity index is 887. The molecule has 2 unspecified atom stereocenters. The van der Waals surface area contributed by atoms with Gasteiger partial charge in [-0.2, -0.15) is 0 Å². The number of amides is 1. The lowest BCUT2D eigenvalue weighted by Crippen LogP contribution is -2.37. The van der Waals surface area contributed by atoms with E-state index in [9.17, 15) is 4.79 Å². The number of carbonyl (C=O) groups is 1. The molecular formula is C20H21N3OS. The van der Waals surface area contributed by atoms with Crippen LogP contribution in [0.3, 0.4) is 0 Å². The van der Waals surface area contributed by atoms with Crippen LogP contribution in [0.2, 0.25) is 0 Å². The molecule has 1 N–H and O–H groups in total. The van der Waals surface area contributed by atoms with Gasteiger partial charge < -0.3 is 9.88 Å². The first-order chi connectivity index (χ1) is 12.1. The molecule has 25 heavy (non-hydrogen) atoms. The van der Waals surface area contributed by atoms with Gasteiger partial charge in [0.25, 0.3) is 0 Å². The fraction of sp³-hybridized carbons (Fsp3) is 0.300. The van der Waals surface area contributed by atoms with Crippen molar-refractivity contribution in [3.63, 3.8) is 0 Å². The van der Waals surface area contributed by atoms with Crippen LogP contribution in [0.5, 0.6) is 0 Å². The number of para-hydroxylation sites is 3. The summed E-state index contributed by atoms with van der Waals surface area (Å²) in [6.45, 7) is 4.21. The summed E-state index contributed by atoms with van der Waals surface area (Å²) in [7, 11) is 0. The maximum Gasteiger partial charge on any atom is 0.237 e. The zero-order valence-electron chi connectivity index (χ0n) is 14.4. The van der Waals surface area contributed by atoms with Crippen LogP contribution in [0.4, 0.5) is 5.69 Å². The van der Waals surface area contributed by atoms with E-state index < -0.39 is 0 Å². The van der Waals surface area contributed by atoms with E-state index in [1.54, 1.807) is 11.8 Å². The first-order valence-corrected chi connectivity index (χ1v) is 9.64. The fourth-order valence-electron chi connectivity index (χ4n) is 3.46. The zero-order valence-corrected chi connectivity index (χ0v) is 15.2. The molecule has 128 valence electrons. The number of nitrogens with zero attached hydrogens (tertiary/aromatic N) is 2. The van der Waals surface area contributed by atoms with Gasteiger partial charge in [-0.05, 0) is 44.0 Å². The molecule has 2 atom stereocenters. The van der Waals surface area contributed by atoms with Crippen molar-refractivity contribution in [1.29, 1.82) is 0 Å². The summed E-state index contributed by atoms with van der Waals surface area (Å²) in [5, 5.41) is 0.143. The second kappa shape index (κ2) is 6.56. The minimum Gasteiger partial charge on any atom is -0.341 e. The van der Waals surface area contributed by atoms with Gasteiger partial charge in [0.15, 0.2) is 0 Å². The van der Waals surface area contributed by atoms with Crippen molar-refractivity contribution >= 4 is 34.4 Å². The van der Waals surface area contributed by atoms with Crippen LogP contribution >= 0.6 is 11.8 Å². The summed E-state index contributed by atoms with van der Waals surface area (Å²) in [5.41, 5.74) is 4.34. The first kappa shape index (κ1) is 16.2. The molecule has 0 saturated heterocycles. The number of hydrogen-bond acceptors (Lipinski definition) is 3. The Hall–Kier alpha value is -2.27. The van der Waals surface area contributed by atoms with Crippen molar-refractivity contribution < 1.29 is 4.79 Å². The Morgan fingerprint density at radius 1 is 1.28 bits per heavy atom. The van der Waals surface area contributed by atoms with E-state index in [2.05, 4.69) is 29.9 Å². The predicted molar refractivity (Wildman–Crippen MR) is 104 cm³/mol. The van der Waals surface area contributed by atoms with Gasteiger partial charge >= 0.3 is 0 Å². The number of aromatic amines is 1. The van der Waals surface area contributed by atoms with E-state index in [0.29, 0.717) is 5.75 Å². The average Bonchev–Trinajstić information content (AvgIpc) is 3.19. The van der Waals surface area contributed by atoms with Crippen LogP contribution < -0.4 is 4.90 Å². The number of H-pyrrole nitrogens is 1.